The maximum absolute atomic E-state index is 13.3. The molecule has 1 nitrogen and oxygen atoms in total. The number of rotatable bonds is 3. The Labute approximate surface area is 108 Å². The number of nitrogens with one attached hydrogen (secondary N) is 1. The summed E-state index contributed by atoms with van der Waals surface area (Å²) < 4.78 is 13.3. The first kappa shape index (κ1) is 12.8. The first-order chi connectivity index (χ1) is 8.63. The Morgan fingerprint density at radius 3 is 2.44 bits per heavy atom. The minimum atomic E-state index is -0.196. The largest absolute Gasteiger partial charge is 0.309 e. The van der Waals surface area contributed by atoms with Crippen LogP contribution in [0.1, 0.15) is 28.3 Å². The summed E-state index contributed by atoms with van der Waals surface area (Å²) in [6, 6.07) is 13.0. The third-order valence-corrected chi connectivity index (χ3v) is 3.43. The fourth-order valence-electron chi connectivity index (χ4n) is 2.27. The van der Waals surface area contributed by atoms with Gasteiger partial charge < -0.3 is 5.32 Å². The molecule has 0 saturated carbocycles. The summed E-state index contributed by atoms with van der Waals surface area (Å²) in [6.07, 6.45) is 0. The second-order valence-electron chi connectivity index (χ2n) is 4.57. The predicted molar refractivity (Wildman–Crippen MR) is 73.2 cm³/mol. The van der Waals surface area contributed by atoms with Crippen molar-refractivity contribution in [1.82, 2.24) is 5.32 Å². The molecule has 2 rings (SSSR count). The van der Waals surface area contributed by atoms with Gasteiger partial charge in [0.2, 0.25) is 0 Å². The summed E-state index contributed by atoms with van der Waals surface area (Å²) in [5, 5.41) is 3.26. The predicted octanol–water partition coefficient (Wildman–Crippen LogP) is 3.75. The Morgan fingerprint density at radius 1 is 1.06 bits per heavy atom. The molecule has 0 saturated heterocycles. The van der Waals surface area contributed by atoms with E-state index in [9.17, 15) is 4.39 Å². The third-order valence-electron chi connectivity index (χ3n) is 3.43. The minimum Gasteiger partial charge on any atom is -0.309 e. The molecule has 1 unspecified atom stereocenters. The van der Waals surface area contributed by atoms with E-state index in [0.717, 1.165) is 5.56 Å². The van der Waals surface area contributed by atoms with E-state index in [-0.39, 0.29) is 11.9 Å². The van der Waals surface area contributed by atoms with Crippen molar-refractivity contribution >= 4 is 0 Å². The van der Waals surface area contributed by atoms with Gasteiger partial charge in [0.25, 0.3) is 0 Å². The van der Waals surface area contributed by atoms with E-state index in [4.69, 9.17) is 0 Å². The standard InChI is InChI=1S/C16H18FN/c1-11-6-4-9-15(12(11)2)16(18-3)13-7-5-8-14(17)10-13/h4-10,16,18H,1-3H3. The average Bonchev–Trinajstić information content (AvgIpc) is 2.35. The van der Waals surface area contributed by atoms with E-state index in [0.29, 0.717) is 0 Å². The molecule has 0 aliphatic carbocycles. The molecule has 0 heterocycles. The summed E-state index contributed by atoms with van der Waals surface area (Å²) in [6.45, 7) is 4.20. The highest BCUT2D eigenvalue weighted by Crippen LogP contribution is 2.26. The zero-order valence-corrected chi connectivity index (χ0v) is 11.0. The van der Waals surface area contributed by atoms with E-state index in [1.54, 1.807) is 12.1 Å². The first-order valence-corrected chi connectivity index (χ1v) is 6.12. The molecule has 0 bridgehead atoms. The van der Waals surface area contributed by atoms with Gasteiger partial charge in [-0.1, -0.05) is 30.3 Å². The second kappa shape index (κ2) is 5.32. The monoisotopic (exact) mass is 243 g/mol. The van der Waals surface area contributed by atoms with Gasteiger partial charge in [-0.15, -0.1) is 0 Å². The van der Waals surface area contributed by atoms with Gasteiger partial charge in [-0.25, -0.2) is 4.39 Å². The van der Waals surface area contributed by atoms with Gasteiger partial charge in [-0.2, -0.15) is 0 Å². The first-order valence-electron chi connectivity index (χ1n) is 6.12. The molecule has 0 spiro atoms. The van der Waals surface area contributed by atoms with Crippen LogP contribution in [-0.2, 0) is 0 Å². The molecule has 1 N–H and O–H groups in total. The van der Waals surface area contributed by atoms with Crippen molar-refractivity contribution in [2.75, 3.05) is 7.05 Å². The molecular weight excluding hydrogens is 225 g/mol. The van der Waals surface area contributed by atoms with Crippen molar-refractivity contribution in [3.05, 3.63) is 70.5 Å². The van der Waals surface area contributed by atoms with Crippen LogP contribution in [0.15, 0.2) is 42.5 Å². The van der Waals surface area contributed by atoms with Crippen LogP contribution in [0.5, 0.6) is 0 Å². The molecule has 0 amide bonds. The van der Waals surface area contributed by atoms with Crippen LogP contribution < -0.4 is 5.32 Å². The molecule has 2 aromatic rings. The third kappa shape index (κ3) is 2.44. The molecule has 2 aromatic carbocycles. The Hall–Kier alpha value is -1.67. The van der Waals surface area contributed by atoms with Crippen molar-refractivity contribution in [3.63, 3.8) is 0 Å². The molecule has 0 radical (unpaired) electrons. The minimum absolute atomic E-state index is 0.0283. The summed E-state index contributed by atoms with van der Waals surface area (Å²) in [5.41, 5.74) is 4.65. The maximum atomic E-state index is 13.3. The smallest absolute Gasteiger partial charge is 0.123 e. The van der Waals surface area contributed by atoms with E-state index in [1.807, 2.05) is 19.2 Å². The van der Waals surface area contributed by atoms with E-state index in [2.05, 4.69) is 31.3 Å². The molecule has 0 aliphatic rings. The summed E-state index contributed by atoms with van der Waals surface area (Å²) >= 11 is 0. The van der Waals surface area contributed by atoms with Crippen LogP contribution in [0, 0.1) is 19.7 Å². The van der Waals surface area contributed by atoms with Crippen LogP contribution in [0.2, 0.25) is 0 Å². The Balaban J connectivity index is 2.49. The van der Waals surface area contributed by atoms with Gasteiger partial charge in [0, 0.05) is 0 Å². The highest BCUT2D eigenvalue weighted by molar-refractivity contribution is 5.40. The number of hydrogen-bond donors (Lipinski definition) is 1. The number of benzene rings is 2. The van der Waals surface area contributed by atoms with Gasteiger partial charge in [0.1, 0.15) is 5.82 Å². The van der Waals surface area contributed by atoms with E-state index in [1.165, 1.54) is 22.8 Å². The van der Waals surface area contributed by atoms with Crippen LogP contribution in [0.4, 0.5) is 4.39 Å². The van der Waals surface area contributed by atoms with Gasteiger partial charge in [0.05, 0.1) is 6.04 Å². The molecule has 0 aromatic heterocycles. The summed E-state index contributed by atoms with van der Waals surface area (Å²) in [4.78, 5) is 0. The molecule has 0 aliphatic heterocycles. The lowest BCUT2D eigenvalue weighted by Crippen LogP contribution is -2.19. The second-order valence-corrected chi connectivity index (χ2v) is 4.57. The zero-order chi connectivity index (χ0) is 13.1. The Kier molecular flexibility index (Phi) is 3.78. The highest BCUT2D eigenvalue weighted by Gasteiger charge is 2.15. The summed E-state index contributed by atoms with van der Waals surface area (Å²) in [5.74, 6) is -0.196. The van der Waals surface area contributed by atoms with E-state index >= 15 is 0 Å². The molecule has 94 valence electrons. The van der Waals surface area contributed by atoms with Crippen LogP contribution >= 0.6 is 0 Å². The molecule has 0 fully saturated rings. The van der Waals surface area contributed by atoms with Crippen molar-refractivity contribution in [2.45, 2.75) is 19.9 Å². The maximum Gasteiger partial charge on any atom is 0.123 e. The van der Waals surface area contributed by atoms with Crippen molar-refractivity contribution < 1.29 is 4.39 Å². The topological polar surface area (TPSA) is 12.0 Å². The highest BCUT2D eigenvalue weighted by atomic mass is 19.1. The fourth-order valence-corrected chi connectivity index (χ4v) is 2.27. The van der Waals surface area contributed by atoms with Crippen molar-refractivity contribution in [2.24, 2.45) is 0 Å². The van der Waals surface area contributed by atoms with Crippen molar-refractivity contribution in [3.8, 4) is 0 Å². The molecule has 18 heavy (non-hydrogen) atoms. The molecular formula is C16H18FN. The number of hydrogen-bond acceptors (Lipinski definition) is 1. The lowest BCUT2D eigenvalue weighted by molar-refractivity contribution is 0.616. The zero-order valence-electron chi connectivity index (χ0n) is 11.0. The van der Waals surface area contributed by atoms with Gasteiger partial charge in [0.15, 0.2) is 0 Å². The lowest BCUT2D eigenvalue weighted by Gasteiger charge is -2.20. The summed E-state index contributed by atoms with van der Waals surface area (Å²) in [7, 11) is 1.90. The van der Waals surface area contributed by atoms with Gasteiger partial charge in [-0.05, 0) is 55.3 Å². The molecule has 2 heteroatoms. The van der Waals surface area contributed by atoms with Crippen LogP contribution in [0.3, 0.4) is 0 Å². The number of halogens is 1. The normalized spacial score (nSPS) is 12.4. The van der Waals surface area contributed by atoms with E-state index < -0.39 is 0 Å². The lowest BCUT2D eigenvalue weighted by atomic mass is 9.93. The average molecular weight is 243 g/mol. The van der Waals surface area contributed by atoms with Gasteiger partial charge in [-0.3, -0.25) is 0 Å². The Bertz CT molecular complexity index is 549. The quantitative estimate of drug-likeness (QED) is 0.865. The van der Waals surface area contributed by atoms with Crippen molar-refractivity contribution in [1.29, 1.82) is 0 Å². The molecule has 1 atom stereocenters. The van der Waals surface area contributed by atoms with Gasteiger partial charge >= 0.3 is 0 Å². The Morgan fingerprint density at radius 2 is 1.78 bits per heavy atom. The van der Waals surface area contributed by atoms with Crippen LogP contribution in [-0.4, -0.2) is 7.05 Å². The van der Waals surface area contributed by atoms with Crippen LogP contribution in [0.25, 0.3) is 0 Å². The fraction of sp³-hybridized carbons (Fsp3) is 0.250. The SMILES string of the molecule is CNC(c1cccc(F)c1)c1cccc(C)c1C. The number of aryl methyl sites for hydroxylation is 1.